The Bertz CT molecular complexity index is 1080. The average molecular weight is 408 g/mol. The first kappa shape index (κ1) is 19.6. The molecule has 0 aliphatic rings. The van der Waals surface area contributed by atoms with Crippen LogP contribution in [0.5, 0.6) is 0 Å². The number of anilines is 2. The number of aromatic nitrogens is 3. The molecule has 0 amide bonds. The van der Waals surface area contributed by atoms with Crippen LogP contribution in [-0.4, -0.2) is 44.7 Å². The van der Waals surface area contributed by atoms with Gasteiger partial charge >= 0.3 is 0 Å². The molecule has 29 heavy (non-hydrogen) atoms. The van der Waals surface area contributed by atoms with Gasteiger partial charge in [-0.3, -0.25) is 0 Å². The van der Waals surface area contributed by atoms with Crippen molar-refractivity contribution in [3.8, 4) is 0 Å². The Morgan fingerprint density at radius 2 is 1.86 bits per heavy atom. The van der Waals surface area contributed by atoms with Gasteiger partial charge in [-0.15, -0.1) is 0 Å². The smallest absolute Gasteiger partial charge is 0.188 e. The van der Waals surface area contributed by atoms with E-state index in [0.29, 0.717) is 5.82 Å². The number of aliphatic hydroxyl groups is 1. The van der Waals surface area contributed by atoms with Crippen molar-refractivity contribution in [3.63, 3.8) is 0 Å². The largest absolute Gasteiger partial charge is 0.375 e. The Labute approximate surface area is 174 Å². The molecule has 2 N–H and O–H groups in total. The van der Waals surface area contributed by atoms with Gasteiger partial charge in [0.2, 0.25) is 0 Å². The van der Waals surface area contributed by atoms with Crippen LogP contribution in [0.1, 0.15) is 18.3 Å². The zero-order valence-corrected chi connectivity index (χ0v) is 17.8. The van der Waals surface area contributed by atoms with Gasteiger partial charge in [-0.25, -0.2) is 9.97 Å². The maximum atomic E-state index is 11.8. The third kappa shape index (κ3) is 3.53. The quantitative estimate of drug-likeness (QED) is 0.506. The van der Waals surface area contributed by atoms with Crippen LogP contribution in [0.3, 0.4) is 0 Å². The number of imidazole rings is 1. The summed E-state index contributed by atoms with van der Waals surface area (Å²) in [5.74, 6) is 0.616. The molecule has 4 rings (SSSR count). The number of hydrogen-bond acceptors (Lipinski definition) is 6. The Hall–Kier alpha value is -2.74. The third-order valence-corrected chi connectivity index (χ3v) is 6.36. The van der Waals surface area contributed by atoms with E-state index in [0.717, 1.165) is 26.6 Å². The zero-order valence-electron chi connectivity index (χ0n) is 17.0. The molecule has 0 bridgehead atoms. The van der Waals surface area contributed by atoms with E-state index in [-0.39, 0.29) is 6.04 Å². The molecule has 6 nitrogen and oxygen atoms in total. The third-order valence-electron chi connectivity index (χ3n) is 5.41. The number of benzene rings is 2. The first-order valence-electron chi connectivity index (χ1n) is 9.49. The molecule has 7 heteroatoms. The number of thiazole rings is 1. The molecule has 0 aliphatic carbocycles. The summed E-state index contributed by atoms with van der Waals surface area (Å²) in [5.41, 5.74) is 1.46. The molecular formula is C22H25N5OS. The van der Waals surface area contributed by atoms with Gasteiger partial charge in [0, 0.05) is 31.2 Å². The van der Waals surface area contributed by atoms with Crippen LogP contribution >= 0.6 is 11.3 Å². The maximum Gasteiger partial charge on any atom is 0.188 e. The lowest BCUT2D eigenvalue weighted by molar-refractivity contribution is -0.00439. The van der Waals surface area contributed by atoms with E-state index in [1.165, 1.54) is 0 Å². The fraction of sp³-hybridized carbons (Fsp3) is 0.273. The molecule has 2 aromatic carbocycles. The minimum absolute atomic E-state index is 0.174. The summed E-state index contributed by atoms with van der Waals surface area (Å²) in [7, 11) is 5.82. The van der Waals surface area contributed by atoms with E-state index >= 15 is 0 Å². The van der Waals surface area contributed by atoms with E-state index in [1.54, 1.807) is 17.5 Å². The number of nitrogens with one attached hydrogen (secondary N) is 1. The normalized spacial score (nSPS) is 14.8. The molecule has 0 radical (unpaired) electrons. The predicted octanol–water partition coefficient (Wildman–Crippen LogP) is 3.96. The molecule has 2 unspecified atom stereocenters. The summed E-state index contributed by atoms with van der Waals surface area (Å²) < 4.78 is 3.02. The molecule has 4 aromatic rings. The molecule has 0 fully saturated rings. The lowest BCUT2D eigenvalue weighted by atomic mass is 9.85. The molecule has 0 saturated heterocycles. The molecule has 150 valence electrons. The van der Waals surface area contributed by atoms with Crippen molar-refractivity contribution in [1.29, 1.82) is 0 Å². The van der Waals surface area contributed by atoms with Crippen molar-refractivity contribution >= 4 is 32.4 Å². The highest BCUT2D eigenvalue weighted by Gasteiger charge is 2.42. The van der Waals surface area contributed by atoms with Gasteiger partial charge in [0.05, 0.1) is 10.2 Å². The standard InChI is InChI=1S/C22H25N5OS/c1-15(26(2)3)22(28,20-23-13-14-27(20)4)16-9-11-17(12-10-16)24-21-25-18-7-5-6-8-19(18)29-21/h5-15,28H,1-4H3,(H,24,25). The van der Waals surface area contributed by atoms with Gasteiger partial charge in [0.1, 0.15) is 5.82 Å². The van der Waals surface area contributed by atoms with Crippen LogP contribution in [0, 0.1) is 0 Å². The topological polar surface area (TPSA) is 66.2 Å². The van der Waals surface area contributed by atoms with E-state index < -0.39 is 5.60 Å². The number of para-hydroxylation sites is 1. The average Bonchev–Trinajstić information content (AvgIpc) is 3.32. The fourth-order valence-electron chi connectivity index (χ4n) is 3.52. The summed E-state index contributed by atoms with van der Waals surface area (Å²) in [6.07, 6.45) is 3.57. The fourth-order valence-corrected chi connectivity index (χ4v) is 4.41. The second kappa shape index (κ2) is 7.59. The van der Waals surface area contributed by atoms with E-state index in [9.17, 15) is 5.11 Å². The molecule has 2 heterocycles. The van der Waals surface area contributed by atoms with Crippen LogP contribution in [0.25, 0.3) is 10.2 Å². The molecule has 2 aromatic heterocycles. The minimum Gasteiger partial charge on any atom is -0.375 e. The maximum absolute atomic E-state index is 11.8. The lowest BCUT2D eigenvalue weighted by Crippen LogP contribution is -2.48. The molecule has 0 saturated carbocycles. The first-order valence-corrected chi connectivity index (χ1v) is 10.3. The number of fused-ring (bicyclic) bond motifs is 1. The predicted molar refractivity (Wildman–Crippen MR) is 119 cm³/mol. The van der Waals surface area contributed by atoms with E-state index in [1.807, 2.05) is 86.2 Å². The highest BCUT2D eigenvalue weighted by Crippen LogP contribution is 2.35. The second-order valence-corrected chi connectivity index (χ2v) is 8.49. The van der Waals surface area contributed by atoms with Gasteiger partial charge in [-0.05, 0) is 50.8 Å². The summed E-state index contributed by atoms with van der Waals surface area (Å²) >= 11 is 1.62. The van der Waals surface area contributed by atoms with Crippen molar-refractivity contribution in [2.75, 3.05) is 19.4 Å². The highest BCUT2D eigenvalue weighted by atomic mass is 32.1. The number of aryl methyl sites for hydroxylation is 1. The number of rotatable bonds is 6. The summed E-state index contributed by atoms with van der Waals surface area (Å²) in [6.45, 7) is 2.00. The van der Waals surface area contributed by atoms with E-state index in [2.05, 4.69) is 21.4 Å². The molecule has 2 atom stereocenters. The minimum atomic E-state index is -1.24. The van der Waals surface area contributed by atoms with E-state index in [4.69, 9.17) is 0 Å². The van der Waals surface area contributed by atoms with Gasteiger partial charge < -0.3 is 19.9 Å². The number of hydrogen-bond donors (Lipinski definition) is 2. The van der Waals surface area contributed by atoms with Crippen LogP contribution in [0.15, 0.2) is 60.9 Å². The van der Waals surface area contributed by atoms with Crippen molar-refractivity contribution in [2.45, 2.75) is 18.6 Å². The highest BCUT2D eigenvalue weighted by molar-refractivity contribution is 7.22. The lowest BCUT2D eigenvalue weighted by Gasteiger charge is -2.37. The Kier molecular flexibility index (Phi) is 5.12. The summed E-state index contributed by atoms with van der Waals surface area (Å²) in [6, 6.07) is 15.7. The van der Waals surface area contributed by atoms with Crippen molar-refractivity contribution in [1.82, 2.24) is 19.4 Å². The Morgan fingerprint density at radius 3 is 2.48 bits per heavy atom. The first-order chi connectivity index (χ1) is 13.9. The van der Waals surface area contributed by atoms with Crippen LogP contribution in [0.4, 0.5) is 10.8 Å². The van der Waals surface area contributed by atoms with Crippen LogP contribution in [0.2, 0.25) is 0 Å². The van der Waals surface area contributed by atoms with Gasteiger partial charge in [-0.2, -0.15) is 0 Å². The van der Waals surface area contributed by atoms with Crippen molar-refractivity contribution < 1.29 is 5.11 Å². The summed E-state index contributed by atoms with van der Waals surface area (Å²) in [4.78, 5) is 11.1. The summed E-state index contributed by atoms with van der Waals surface area (Å²) in [5, 5.41) is 16.0. The second-order valence-electron chi connectivity index (χ2n) is 7.46. The monoisotopic (exact) mass is 407 g/mol. The number of likely N-dealkylation sites (N-methyl/N-ethyl adjacent to an activating group) is 1. The number of nitrogens with zero attached hydrogens (tertiary/aromatic N) is 4. The SMILES string of the molecule is CC(N(C)C)C(O)(c1ccc(Nc2nc3ccccc3s2)cc1)c1nccn1C. The molecular weight excluding hydrogens is 382 g/mol. The Balaban J connectivity index is 1.66. The van der Waals surface area contributed by atoms with Gasteiger partial charge in [0.15, 0.2) is 10.7 Å². The van der Waals surface area contributed by atoms with Crippen molar-refractivity contribution in [3.05, 3.63) is 72.3 Å². The Morgan fingerprint density at radius 1 is 1.14 bits per heavy atom. The van der Waals surface area contributed by atoms with Gasteiger partial charge in [-0.1, -0.05) is 35.6 Å². The van der Waals surface area contributed by atoms with Gasteiger partial charge in [0.25, 0.3) is 0 Å². The molecule has 0 spiro atoms. The molecule has 0 aliphatic heterocycles. The van der Waals surface area contributed by atoms with Crippen molar-refractivity contribution in [2.24, 2.45) is 7.05 Å². The van der Waals surface area contributed by atoms with Crippen LogP contribution < -0.4 is 5.32 Å². The zero-order chi connectivity index (χ0) is 20.6. The van der Waals surface area contributed by atoms with Crippen LogP contribution in [-0.2, 0) is 12.6 Å².